The van der Waals surface area contributed by atoms with Crippen LogP contribution in [0.1, 0.15) is 45.1 Å². The number of nitrogens with one attached hydrogen (secondary N) is 1. The first-order valence-corrected chi connectivity index (χ1v) is 9.18. The van der Waals surface area contributed by atoms with Crippen LogP contribution in [0.15, 0.2) is 30.3 Å². The van der Waals surface area contributed by atoms with Crippen LogP contribution in [-0.4, -0.2) is 17.5 Å². The highest BCUT2D eigenvalue weighted by Gasteiger charge is 2.37. The van der Waals surface area contributed by atoms with E-state index in [0.29, 0.717) is 6.04 Å². The van der Waals surface area contributed by atoms with E-state index in [1.165, 1.54) is 25.0 Å². The van der Waals surface area contributed by atoms with Gasteiger partial charge in [-0.25, -0.2) is 0 Å². The van der Waals surface area contributed by atoms with E-state index in [4.69, 9.17) is 0 Å². The molecule has 0 spiro atoms. The summed E-state index contributed by atoms with van der Waals surface area (Å²) in [4.78, 5) is 0. The van der Waals surface area contributed by atoms with Gasteiger partial charge in [0.1, 0.15) is 5.54 Å². The van der Waals surface area contributed by atoms with Crippen molar-refractivity contribution >= 4 is 11.8 Å². The van der Waals surface area contributed by atoms with Gasteiger partial charge in [0.2, 0.25) is 0 Å². The molecule has 114 valence electrons. The molecule has 1 aliphatic rings. The molecule has 1 N–H and O–H groups in total. The summed E-state index contributed by atoms with van der Waals surface area (Å²) < 4.78 is 0. The highest BCUT2D eigenvalue weighted by Crippen LogP contribution is 2.32. The maximum atomic E-state index is 9.84. The smallest absolute Gasteiger partial charge is 0.133 e. The van der Waals surface area contributed by atoms with Gasteiger partial charge in [-0.3, -0.25) is 5.32 Å². The molecular weight excluding hydrogens is 276 g/mol. The molecule has 0 bridgehead atoms. The maximum absolute atomic E-state index is 9.84. The Balaban J connectivity index is 2.00. The third kappa shape index (κ3) is 4.76. The number of thioether (sulfide) groups is 1. The van der Waals surface area contributed by atoms with Crippen LogP contribution in [0.4, 0.5) is 0 Å². The third-order valence-corrected chi connectivity index (χ3v) is 5.50. The second-order valence-corrected chi connectivity index (χ2v) is 7.29. The van der Waals surface area contributed by atoms with Crippen molar-refractivity contribution in [2.24, 2.45) is 5.92 Å². The lowest BCUT2D eigenvalue weighted by molar-refractivity contribution is 0.412. The molecule has 2 rings (SSSR count). The van der Waals surface area contributed by atoms with Gasteiger partial charge in [0.05, 0.1) is 6.07 Å². The number of hydrogen-bond donors (Lipinski definition) is 1. The largest absolute Gasteiger partial charge is 0.293 e. The first-order valence-electron chi connectivity index (χ1n) is 8.02. The van der Waals surface area contributed by atoms with Gasteiger partial charge >= 0.3 is 0 Å². The Morgan fingerprint density at radius 1 is 1.38 bits per heavy atom. The third-order valence-electron chi connectivity index (χ3n) is 4.21. The summed E-state index contributed by atoms with van der Waals surface area (Å²) in [7, 11) is 0. The maximum Gasteiger partial charge on any atom is 0.133 e. The van der Waals surface area contributed by atoms with Gasteiger partial charge in [0.15, 0.2) is 0 Å². The van der Waals surface area contributed by atoms with Crippen molar-refractivity contribution in [1.29, 1.82) is 5.26 Å². The highest BCUT2D eigenvalue weighted by molar-refractivity contribution is 7.99. The topological polar surface area (TPSA) is 35.8 Å². The van der Waals surface area contributed by atoms with Gasteiger partial charge < -0.3 is 0 Å². The molecule has 0 amide bonds. The van der Waals surface area contributed by atoms with E-state index in [0.717, 1.165) is 23.7 Å². The molecule has 0 aliphatic heterocycles. The molecular formula is C18H26N2S. The van der Waals surface area contributed by atoms with E-state index in [1.807, 2.05) is 30.0 Å². The monoisotopic (exact) mass is 302 g/mol. The summed E-state index contributed by atoms with van der Waals surface area (Å²) >= 11 is 1.98. The van der Waals surface area contributed by atoms with Gasteiger partial charge in [-0.15, -0.1) is 0 Å². The van der Waals surface area contributed by atoms with Crippen LogP contribution in [0.2, 0.25) is 0 Å². The van der Waals surface area contributed by atoms with Crippen molar-refractivity contribution in [3.63, 3.8) is 0 Å². The molecule has 3 heteroatoms. The Labute approximate surface area is 133 Å². The Morgan fingerprint density at radius 3 is 2.67 bits per heavy atom. The van der Waals surface area contributed by atoms with Crippen LogP contribution in [0, 0.1) is 17.2 Å². The quantitative estimate of drug-likeness (QED) is 0.690. The summed E-state index contributed by atoms with van der Waals surface area (Å²) in [6, 6.07) is 13.3. The number of hydrogen-bond acceptors (Lipinski definition) is 3. The van der Waals surface area contributed by atoms with E-state index in [-0.39, 0.29) is 0 Å². The van der Waals surface area contributed by atoms with Crippen molar-refractivity contribution in [3.05, 3.63) is 35.9 Å². The second-order valence-electron chi connectivity index (χ2n) is 6.14. The number of benzene rings is 1. The minimum atomic E-state index is -0.509. The Bertz CT molecular complexity index is 464. The lowest BCUT2D eigenvalue weighted by Crippen LogP contribution is -2.43. The van der Waals surface area contributed by atoms with Gasteiger partial charge in [0, 0.05) is 6.04 Å². The van der Waals surface area contributed by atoms with Crippen LogP contribution in [0.5, 0.6) is 0 Å². The first-order chi connectivity index (χ1) is 10.2. The molecule has 1 saturated carbocycles. The molecule has 2 atom stereocenters. The van der Waals surface area contributed by atoms with Crippen LogP contribution in [0.25, 0.3) is 0 Å². The zero-order valence-corrected chi connectivity index (χ0v) is 14.0. The van der Waals surface area contributed by atoms with E-state index in [2.05, 4.69) is 37.4 Å². The van der Waals surface area contributed by atoms with Crippen molar-refractivity contribution in [2.45, 2.75) is 51.1 Å². The summed E-state index contributed by atoms with van der Waals surface area (Å²) in [5, 5.41) is 13.4. The van der Waals surface area contributed by atoms with Crippen LogP contribution >= 0.6 is 11.8 Å². The van der Waals surface area contributed by atoms with Crippen molar-refractivity contribution in [3.8, 4) is 6.07 Å². The predicted molar refractivity (Wildman–Crippen MR) is 91.3 cm³/mol. The molecule has 0 saturated heterocycles. The summed E-state index contributed by atoms with van der Waals surface area (Å²) in [6.45, 7) is 4.54. The van der Waals surface area contributed by atoms with Gasteiger partial charge in [-0.05, 0) is 42.2 Å². The van der Waals surface area contributed by atoms with E-state index in [1.54, 1.807) is 0 Å². The first kappa shape index (κ1) is 16.4. The fraction of sp³-hybridized carbons (Fsp3) is 0.611. The number of nitriles is 1. The lowest BCUT2D eigenvalue weighted by Gasteiger charge is -2.29. The zero-order valence-electron chi connectivity index (χ0n) is 13.1. The molecule has 0 aromatic heterocycles. The molecule has 2 unspecified atom stereocenters. The highest BCUT2D eigenvalue weighted by atomic mass is 32.2. The summed E-state index contributed by atoms with van der Waals surface area (Å²) in [5.74, 6) is 2.99. The standard InChI is InChI=1S/C18H26N2S/c1-3-15(2)13-21-12-11-18(14-19,20-17-9-10-17)16-7-5-4-6-8-16/h4-8,15,17,20H,3,9-13H2,1-2H3. The Kier molecular flexibility index (Phi) is 6.14. The lowest BCUT2D eigenvalue weighted by atomic mass is 9.88. The average Bonchev–Trinajstić information content (AvgIpc) is 3.34. The zero-order chi connectivity index (χ0) is 15.1. The number of rotatable bonds is 9. The Hall–Kier alpha value is -0.980. The molecule has 0 heterocycles. The van der Waals surface area contributed by atoms with Crippen molar-refractivity contribution in [1.82, 2.24) is 5.32 Å². The molecule has 1 aliphatic carbocycles. The van der Waals surface area contributed by atoms with Gasteiger partial charge in [-0.1, -0.05) is 50.6 Å². The molecule has 21 heavy (non-hydrogen) atoms. The number of nitrogens with zero attached hydrogens (tertiary/aromatic N) is 1. The SMILES string of the molecule is CCC(C)CSCCC(C#N)(NC1CC1)c1ccccc1. The normalized spacial score (nSPS) is 18.7. The van der Waals surface area contributed by atoms with E-state index in [9.17, 15) is 5.26 Å². The minimum absolute atomic E-state index is 0.509. The predicted octanol–water partition coefficient (Wildman–Crippen LogP) is 4.33. The summed E-state index contributed by atoms with van der Waals surface area (Å²) in [6.07, 6.45) is 4.52. The van der Waals surface area contributed by atoms with E-state index < -0.39 is 5.54 Å². The fourth-order valence-electron chi connectivity index (χ4n) is 2.38. The van der Waals surface area contributed by atoms with Crippen LogP contribution in [-0.2, 0) is 5.54 Å². The minimum Gasteiger partial charge on any atom is -0.293 e. The van der Waals surface area contributed by atoms with Gasteiger partial charge in [-0.2, -0.15) is 17.0 Å². The van der Waals surface area contributed by atoms with Crippen LogP contribution < -0.4 is 5.32 Å². The van der Waals surface area contributed by atoms with Crippen molar-refractivity contribution in [2.75, 3.05) is 11.5 Å². The fourth-order valence-corrected chi connectivity index (χ4v) is 3.63. The molecule has 1 aromatic carbocycles. The van der Waals surface area contributed by atoms with E-state index >= 15 is 0 Å². The Morgan fingerprint density at radius 2 is 2.10 bits per heavy atom. The van der Waals surface area contributed by atoms with Crippen LogP contribution in [0.3, 0.4) is 0 Å². The molecule has 2 nitrogen and oxygen atoms in total. The molecule has 0 radical (unpaired) electrons. The molecule has 1 fully saturated rings. The summed E-state index contributed by atoms with van der Waals surface area (Å²) in [5.41, 5.74) is 0.605. The second kappa shape index (κ2) is 7.87. The molecule has 1 aromatic rings. The van der Waals surface area contributed by atoms with Crippen molar-refractivity contribution < 1.29 is 0 Å². The average molecular weight is 302 g/mol. The van der Waals surface area contributed by atoms with Gasteiger partial charge in [0.25, 0.3) is 0 Å².